The maximum atomic E-state index is 9.06. The van der Waals surface area contributed by atoms with Crippen LogP contribution in [0.3, 0.4) is 0 Å². The third kappa shape index (κ3) is 2.52. The molecule has 0 spiro atoms. The molecule has 1 saturated heterocycles. The van der Waals surface area contributed by atoms with E-state index in [1.54, 1.807) is 11.8 Å². The summed E-state index contributed by atoms with van der Waals surface area (Å²) in [5.41, 5.74) is 6.86. The zero-order valence-electron chi connectivity index (χ0n) is 8.43. The fourth-order valence-electron chi connectivity index (χ4n) is 1.45. The Morgan fingerprint density at radius 3 is 2.80 bits per heavy atom. The molecule has 2 rings (SSSR count). The van der Waals surface area contributed by atoms with Crippen molar-refractivity contribution in [1.29, 1.82) is 0 Å². The standard InChI is InChI=1S/C11H15NO2S/c12-10(5-13)9-3-1-2-4-11(9)15-8-6-14-7-8/h1-4,8,10,13H,5-7,12H2. The largest absolute Gasteiger partial charge is 0.394 e. The molecular formula is C11H15NO2S. The van der Waals surface area contributed by atoms with Crippen molar-refractivity contribution in [2.75, 3.05) is 19.8 Å². The van der Waals surface area contributed by atoms with Crippen LogP contribution in [0.1, 0.15) is 11.6 Å². The van der Waals surface area contributed by atoms with Crippen molar-refractivity contribution in [3.05, 3.63) is 29.8 Å². The third-order valence-electron chi connectivity index (χ3n) is 2.42. The van der Waals surface area contributed by atoms with E-state index in [-0.39, 0.29) is 12.6 Å². The SMILES string of the molecule is NC(CO)c1ccccc1SC1COC1. The van der Waals surface area contributed by atoms with Crippen LogP contribution in [0.4, 0.5) is 0 Å². The molecule has 4 heteroatoms. The van der Waals surface area contributed by atoms with Crippen molar-refractivity contribution in [3.63, 3.8) is 0 Å². The van der Waals surface area contributed by atoms with E-state index in [9.17, 15) is 0 Å². The molecule has 0 aromatic heterocycles. The molecule has 0 aliphatic carbocycles. The van der Waals surface area contributed by atoms with Gasteiger partial charge in [-0.1, -0.05) is 18.2 Å². The first-order valence-electron chi connectivity index (χ1n) is 5.01. The van der Waals surface area contributed by atoms with Crippen molar-refractivity contribution in [2.24, 2.45) is 5.73 Å². The summed E-state index contributed by atoms with van der Waals surface area (Å²) in [6, 6.07) is 7.69. The van der Waals surface area contributed by atoms with E-state index in [0.717, 1.165) is 23.7 Å². The molecular weight excluding hydrogens is 210 g/mol. The van der Waals surface area contributed by atoms with Gasteiger partial charge in [0.2, 0.25) is 0 Å². The van der Waals surface area contributed by atoms with Gasteiger partial charge in [-0.05, 0) is 11.6 Å². The number of ether oxygens (including phenoxy) is 1. The van der Waals surface area contributed by atoms with Gasteiger partial charge in [0.25, 0.3) is 0 Å². The fourth-order valence-corrected chi connectivity index (χ4v) is 2.65. The Bertz CT molecular complexity index is 328. The molecule has 0 amide bonds. The number of aliphatic hydroxyl groups excluding tert-OH is 1. The molecule has 1 unspecified atom stereocenters. The Kier molecular flexibility index (Phi) is 3.64. The number of rotatable bonds is 4. The Hall–Kier alpha value is -0.550. The molecule has 1 aromatic rings. The lowest BCUT2D eigenvalue weighted by atomic mass is 10.1. The first kappa shape index (κ1) is 11.0. The summed E-state index contributed by atoms with van der Waals surface area (Å²) < 4.78 is 5.13. The lowest BCUT2D eigenvalue weighted by Crippen LogP contribution is -2.30. The highest BCUT2D eigenvalue weighted by Gasteiger charge is 2.21. The van der Waals surface area contributed by atoms with E-state index in [4.69, 9.17) is 15.6 Å². The van der Waals surface area contributed by atoms with Crippen LogP contribution < -0.4 is 5.73 Å². The molecule has 82 valence electrons. The van der Waals surface area contributed by atoms with Gasteiger partial charge in [-0.25, -0.2) is 0 Å². The van der Waals surface area contributed by atoms with Gasteiger partial charge in [-0.3, -0.25) is 0 Å². The summed E-state index contributed by atoms with van der Waals surface area (Å²) >= 11 is 1.78. The second-order valence-corrected chi connectivity index (χ2v) is 4.95. The van der Waals surface area contributed by atoms with Crippen LogP contribution in [0.15, 0.2) is 29.2 Å². The van der Waals surface area contributed by atoms with Gasteiger partial charge in [0.1, 0.15) is 0 Å². The monoisotopic (exact) mass is 225 g/mol. The predicted octanol–water partition coefficient (Wildman–Crippen LogP) is 1.17. The first-order chi connectivity index (χ1) is 7.31. The van der Waals surface area contributed by atoms with E-state index in [0.29, 0.717) is 5.25 Å². The highest BCUT2D eigenvalue weighted by Crippen LogP contribution is 2.32. The Morgan fingerprint density at radius 1 is 1.47 bits per heavy atom. The second-order valence-electron chi connectivity index (χ2n) is 3.60. The molecule has 0 radical (unpaired) electrons. The zero-order valence-corrected chi connectivity index (χ0v) is 9.24. The van der Waals surface area contributed by atoms with Gasteiger partial charge in [0, 0.05) is 4.90 Å². The average Bonchev–Trinajstić information content (AvgIpc) is 2.23. The molecule has 0 saturated carbocycles. The van der Waals surface area contributed by atoms with Crippen LogP contribution in [0.25, 0.3) is 0 Å². The normalized spacial score (nSPS) is 18.5. The highest BCUT2D eigenvalue weighted by molar-refractivity contribution is 8.00. The van der Waals surface area contributed by atoms with Crippen LogP contribution in [0.2, 0.25) is 0 Å². The van der Waals surface area contributed by atoms with E-state index in [2.05, 4.69) is 0 Å². The lowest BCUT2D eigenvalue weighted by molar-refractivity contribution is 0.0455. The van der Waals surface area contributed by atoms with Crippen LogP contribution >= 0.6 is 11.8 Å². The summed E-state index contributed by atoms with van der Waals surface area (Å²) in [5.74, 6) is 0. The highest BCUT2D eigenvalue weighted by atomic mass is 32.2. The number of hydrogen-bond acceptors (Lipinski definition) is 4. The van der Waals surface area contributed by atoms with Crippen molar-refractivity contribution in [3.8, 4) is 0 Å². The van der Waals surface area contributed by atoms with Crippen LogP contribution in [0.5, 0.6) is 0 Å². The van der Waals surface area contributed by atoms with E-state index in [1.807, 2.05) is 24.3 Å². The van der Waals surface area contributed by atoms with E-state index in [1.165, 1.54) is 0 Å². The molecule has 3 N–H and O–H groups in total. The zero-order chi connectivity index (χ0) is 10.7. The average molecular weight is 225 g/mol. The van der Waals surface area contributed by atoms with Crippen molar-refractivity contribution >= 4 is 11.8 Å². The van der Waals surface area contributed by atoms with Crippen molar-refractivity contribution < 1.29 is 9.84 Å². The van der Waals surface area contributed by atoms with Crippen LogP contribution in [0, 0.1) is 0 Å². The van der Waals surface area contributed by atoms with Gasteiger partial charge in [0.05, 0.1) is 31.1 Å². The van der Waals surface area contributed by atoms with Gasteiger partial charge < -0.3 is 15.6 Å². The maximum Gasteiger partial charge on any atom is 0.0624 e. The molecule has 1 heterocycles. The summed E-state index contributed by atoms with van der Waals surface area (Å²) in [7, 11) is 0. The van der Waals surface area contributed by atoms with Crippen LogP contribution in [-0.2, 0) is 4.74 Å². The number of hydrogen-bond donors (Lipinski definition) is 2. The predicted molar refractivity (Wildman–Crippen MR) is 60.9 cm³/mol. The minimum Gasteiger partial charge on any atom is -0.394 e. The van der Waals surface area contributed by atoms with Crippen LogP contribution in [-0.4, -0.2) is 30.2 Å². The fraction of sp³-hybridized carbons (Fsp3) is 0.455. The topological polar surface area (TPSA) is 55.5 Å². The summed E-state index contributed by atoms with van der Waals surface area (Å²) in [6.07, 6.45) is 0. The Balaban J connectivity index is 2.13. The number of thioether (sulfide) groups is 1. The molecule has 1 aliphatic rings. The summed E-state index contributed by atoms with van der Waals surface area (Å²) in [5, 5.41) is 9.60. The molecule has 15 heavy (non-hydrogen) atoms. The minimum atomic E-state index is -0.283. The molecule has 1 aliphatic heterocycles. The maximum absolute atomic E-state index is 9.06. The second kappa shape index (κ2) is 4.99. The first-order valence-corrected chi connectivity index (χ1v) is 5.89. The van der Waals surface area contributed by atoms with Crippen molar-refractivity contribution in [2.45, 2.75) is 16.2 Å². The number of benzene rings is 1. The third-order valence-corrected chi connectivity index (χ3v) is 3.65. The Morgan fingerprint density at radius 2 is 2.20 bits per heavy atom. The quantitative estimate of drug-likeness (QED) is 0.807. The van der Waals surface area contributed by atoms with Gasteiger partial charge in [-0.2, -0.15) is 0 Å². The van der Waals surface area contributed by atoms with Gasteiger partial charge >= 0.3 is 0 Å². The van der Waals surface area contributed by atoms with E-state index >= 15 is 0 Å². The molecule has 1 fully saturated rings. The minimum absolute atomic E-state index is 0.0151. The molecule has 3 nitrogen and oxygen atoms in total. The summed E-state index contributed by atoms with van der Waals surface area (Å²) in [4.78, 5) is 1.16. The molecule has 0 bridgehead atoms. The van der Waals surface area contributed by atoms with E-state index < -0.39 is 0 Å². The number of nitrogens with two attached hydrogens (primary N) is 1. The lowest BCUT2D eigenvalue weighted by Gasteiger charge is -2.26. The van der Waals surface area contributed by atoms with Gasteiger partial charge in [0.15, 0.2) is 0 Å². The summed E-state index contributed by atoms with van der Waals surface area (Å²) in [6.45, 7) is 1.61. The number of aliphatic hydroxyl groups is 1. The molecule has 1 atom stereocenters. The van der Waals surface area contributed by atoms with Gasteiger partial charge in [-0.15, -0.1) is 11.8 Å². The molecule has 1 aromatic carbocycles. The Labute approximate surface area is 93.6 Å². The smallest absolute Gasteiger partial charge is 0.0624 e. The van der Waals surface area contributed by atoms with Crippen molar-refractivity contribution in [1.82, 2.24) is 0 Å².